The lowest BCUT2D eigenvalue weighted by atomic mass is 10.00. The Morgan fingerprint density at radius 3 is 2.76 bits per heavy atom. The summed E-state index contributed by atoms with van der Waals surface area (Å²) >= 11 is 6.17. The number of aryl methyl sites for hydroxylation is 1. The largest absolute Gasteiger partial charge is 0.399 e. The highest BCUT2D eigenvalue weighted by Gasteiger charge is 2.25. The summed E-state index contributed by atoms with van der Waals surface area (Å²) in [4.78, 5) is 13.8. The molecule has 0 radical (unpaired) electrons. The van der Waals surface area contributed by atoms with Crippen LogP contribution in [0.4, 0.5) is 15.8 Å². The van der Waals surface area contributed by atoms with E-state index in [2.05, 4.69) is 0 Å². The minimum Gasteiger partial charge on any atom is -0.399 e. The molecule has 3 rings (SSSR count). The Hall–Kier alpha value is -2.07. The molecule has 0 aromatic heterocycles. The number of carbonyl (C=O) groups excluding carboxylic acids is 1. The van der Waals surface area contributed by atoms with Crippen LogP contribution in [0.5, 0.6) is 0 Å². The van der Waals surface area contributed by atoms with Gasteiger partial charge in [-0.05, 0) is 47.9 Å². The Balaban J connectivity index is 1.96. The van der Waals surface area contributed by atoms with Crippen molar-refractivity contribution in [2.75, 3.05) is 10.6 Å². The van der Waals surface area contributed by atoms with E-state index < -0.39 is 0 Å². The number of hydrogen-bond acceptors (Lipinski definition) is 2. The van der Waals surface area contributed by atoms with Gasteiger partial charge in [-0.2, -0.15) is 0 Å². The van der Waals surface area contributed by atoms with Gasteiger partial charge in [-0.1, -0.05) is 17.7 Å². The molecule has 1 aliphatic rings. The van der Waals surface area contributed by atoms with Crippen LogP contribution in [0.15, 0.2) is 36.4 Å². The zero-order valence-corrected chi connectivity index (χ0v) is 12.0. The molecule has 5 heteroatoms. The Morgan fingerprint density at radius 2 is 2.00 bits per heavy atom. The number of carbonyl (C=O) groups is 1. The molecule has 1 aliphatic heterocycles. The third-order valence-electron chi connectivity index (χ3n) is 3.65. The maximum Gasteiger partial charge on any atom is 0.227 e. The summed E-state index contributed by atoms with van der Waals surface area (Å²) in [6.07, 6.45) is 0.945. The van der Waals surface area contributed by atoms with Gasteiger partial charge in [-0.15, -0.1) is 0 Å². The van der Waals surface area contributed by atoms with Gasteiger partial charge in [-0.3, -0.25) is 4.79 Å². The van der Waals surface area contributed by atoms with Crippen LogP contribution in [0.1, 0.15) is 17.5 Å². The molecule has 0 atom stereocenters. The van der Waals surface area contributed by atoms with Crippen LogP contribution < -0.4 is 10.6 Å². The number of rotatable bonds is 2. The third kappa shape index (κ3) is 2.72. The van der Waals surface area contributed by atoms with Crippen LogP contribution in [0.3, 0.4) is 0 Å². The molecule has 0 saturated carbocycles. The summed E-state index contributed by atoms with van der Waals surface area (Å²) in [5.41, 5.74) is 8.67. The fourth-order valence-electron chi connectivity index (χ4n) is 2.56. The Bertz CT molecular complexity index is 717. The van der Waals surface area contributed by atoms with Crippen LogP contribution in [0.2, 0.25) is 5.02 Å². The number of amides is 1. The van der Waals surface area contributed by atoms with Crippen molar-refractivity contribution in [3.8, 4) is 0 Å². The molecule has 1 heterocycles. The highest BCUT2D eigenvalue weighted by atomic mass is 35.5. The van der Waals surface area contributed by atoms with Gasteiger partial charge in [0.2, 0.25) is 5.91 Å². The Morgan fingerprint density at radius 1 is 1.19 bits per heavy atom. The maximum absolute atomic E-state index is 13.3. The molecule has 2 N–H and O–H groups in total. The molecule has 0 bridgehead atoms. The first-order valence-corrected chi connectivity index (χ1v) is 7.05. The highest BCUT2D eigenvalue weighted by Crippen LogP contribution is 2.31. The van der Waals surface area contributed by atoms with E-state index in [1.807, 2.05) is 6.07 Å². The molecule has 0 saturated heterocycles. The Labute approximate surface area is 127 Å². The molecule has 0 aliphatic carbocycles. The molecule has 21 heavy (non-hydrogen) atoms. The molecule has 2 aromatic rings. The number of fused-ring (bicyclic) bond motifs is 1. The summed E-state index contributed by atoms with van der Waals surface area (Å²) < 4.78 is 13.3. The van der Waals surface area contributed by atoms with Crippen molar-refractivity contribution in [2.24, 2.45) is 0 Å². The van der Waals surface area contributed by atoms with Crippen molar-refractivity contribution >= 4 is 28.9 Å². The van der Waals surface area contributed by atoms with Gasteiger partial charge in [-0.25, -0.2) is 4.39 Å². The highest BCUT2D eigenvalue weighted by molar-refractivity contribution is 6.31. The second-order valence-corrected chi connectivity index (χ2v) is 5.51. The van der Waals surface area contributed by atoms with Crippen LogP contribution >= 0.6 is 11.6 Å². The molecule has 2 aromatic carbocycles. The smallest absolute Gasteiger partial charge is 0.227 e. The average molecular weight is 305 g/mol. The first-order chi connectivity index (χ1) is 10.0. The number of hydrogen-bond donors (Lipinski definition) is 1. The van der Waals surface area contributed by atoms with Gasteiger partial charge < -0.3 is 10.6 Å². The lowest BCUT2D eigenvalue weighted by Gasteiger charge is -2.29. The van der Waals surface area contributed by atoms with Crippen molar-refractivity contribution in [1.82, 2.24) is 0 Å². The van der Waals surface area contributed by atoms with E-state index in [1.165, 1.54) is 12.1 Å². The van der Waals surface area contributed by atoms with Crippen LogP contribution in [0, 0.1) is 5.82 Å². The van der Waals surface area contributed by atoms with Crippen LogP contribution in [0.25, 0.3) is 0 Å². The molecule has 3 nitrogen and oxygen atoms in total. The van der Waals surface area contributed by atoms with E-state index in [4.69, 9.17) is 17.3 Å². The predicted octanol–water partition coefficient (Wildman–Crippen LogP) is 3.54. The normalized spacial score (nSPS) is 14.2. The van der Waals surface area contributed by atoms with Gasteiger partial charge >= 0.3 is 0 Å². The van der Waals surface area contributed by atoms with Gasteiger partial charge in [0.15, 0.2) is 0 Å². The fourth-order valence-corrected chi connectivity index (χ4v) is 2.81. The minimum absolute atomic E-state index is 0.0157. The minimum atomic E-state index is -0.284. The van der Waals surface area contributed by atoms with Crippen molar-refractivity contribution < 1.29 is 9.18 Å². The van der Waals surface area contributed by atoms with Gasteiger partial charge in [0.25, 0.3) is 0 Å². The van der Waals surface area contributed by atoms with E-state index in [-0.39, 0.29) is 11.7 Å². The average Bonchev–Trinajstić information content (AvgIpc) is 2.44. The van der Waals surface area contributed by atoms with Gasteiger partial charge in [0.1, 0.15) is 5.82 Å². The second-order valence-electron chi connectivity index (χ2n) is 5.10. The lowest BCUT2D eigenvalue weighted by Crippen LogP contribution is -2.34. The zero-order valence-electron chi connectivity index (χ0n) is 11.3. The van der Waals surface area contributed by atoms with E-state index in [0.29, 0.717) is 30.1 Å². The number of nitrogens with two attached hydrogens (primary N) is 1. The summed E-state index contributed by atoms with van der Waals surface area (Å²) in [6, 6.07) is 9.72. The molecule has 0 unspecified atom stereocenters. The zero-order chi connectivity index (χ0) is 15.0. The van der Waals surface area contributed by atoms with Crippen LogP contribution in [-0.4, -0.2) is 5.91 Å². The maximum atomic E-state index is 13.3. The number of anilines is 2. The summed E-state index contributed by atoms with van der Waals surface area (Å²) in [5.74, 6) is -0.268. The number of nitrogens with zero attached hydrogens (tertiary/aromatic N) is 1. The SMILES string of the molecule is Nc1ccc(CN2C(=O)CCc3cc(F)ccc32)c(Cl)c1. The molecule has 1 amide bonds. The molecular weight excluding hydrogens is 291 g/mol. The summed E-state index contributed by atoms with van der Waals surface area (Å²) in [7, 11) is 0. The van der Waals surface area contributed by atoms with Gasteiger partial charge in [0, 0.05) is 22.8 Å². The number of halogens is 2. The van der Waals surface area contributed by atoms with Crippen molar-refractivity contribution in [2.45, 2.75) is 19.4 Å². The fraction of sp³-hybridized carbons (Fsp3) is 0.188. The van der Waals surface area contributed by atoms with Crippen molar-refractivity contribution in [3.05, 3.63) is 58.4 Å². The van der Waals surface area contributed by atoms with Gasteiger partial charge in [0.05, 0.1) is 6.54 Å². The molecule has 0 fully saturated rings. The monoisotopic (exact) mass is 304 g/mol. The number of nitrogen functional groups attached to an aromatic ring is 1. The topological polar surface area (TPSA) is 46.3 Å². The van der Waals surface area contributed by atoms with Crippen molar-refractivity contribution in [3.63, 3.8) is 0 Å². The first kappa shape index (κ1) is 13.9. The first-order valence-electron chi connectivity index (χ1n) is 6.67. The summed E-state index contributed by atoms with van der Waals surface area (Å²) in [6.45, 7) is 0.358. The second kappa shape index (κ2) is 5.37. The lowest BCUT2D eigenvalue weighted by molar-refractivity contribution is -0.119. The van der Waals surface area contributed by atoms with E-state index in [9.17, 15) is 9.18 Å². The quantitative estimate of drug-likeness (QED) is 0.863. The van der Waals surface area contributed by atoms with Crippen LogP contribution in [-0.2, 0) is 17.8 Å². The van der Waals surface area contributed by atoms with E-state index >= 15 is 0 Å². The number of benzene rings is 2. The predicted molar refractivity (Wildman–Crippen MR) is 81.8 cm³/mol. The molecule has 108 valence electrons. The molecular formula is C16H14ClFN2O. The van der Waals surface area contributed by atoms with Crippen molar-refractivity contribution in [1.29, 1.82) is 0 Å². The standard InChI is InChI=1S/C16H14ClFN2O/c17-14-8-13(19)4-1-11(14)9-20-15-5-3-12(18)7-10(15)2-6-16(20)21/h1,3-5,7-8H,2,6,9,19H2. The summed E-state index contributed by atoms with van der Waals surface area (Å²) in [5, 5.41) is 0.525. The van der Waals surface area contributed by atoms with E-state index in [1.54, 1.807) is 23.1 Å². The molecule has 0 spiro atoms. The Kier molecular flexibility index (Phi) is 3.55. The van der Waals surface area contributed by atoms with E-state index in [0.717, 1.165) is 16.8 Å². The third-order valence-corrected chi connectivity index (χ3v) is 4.00.